The van der Waals surface area contributed by atoms with Crippen molar-refractivity contribution in [1.29, 1.82) is 0 Å². The molecule has 0 heterocycles. The van der Waals surface area contributed by atoms with E-state index in [0.29, 0.717) is 12.6 Å². The number of nitrogens with one attached hydrogen (secondary N) is 2. The number of rotatable bonds is 5. The zero-order valence-electron chi connectivity index (χ0n) is 11.9. The fourth-order valence-corrected chi connectivity index (χ4v) is 2.79. The topological polar surface area (TPSA) is 41.1 Å². The first-order chi connectivity index (χ1) is 9.16. The lowest BCUT2D eigenvalue weighted by atomic mass is 10.00. The Kier molecular flexibility index (Phi) is 4.97. The van der Waals surface area contributed by atoms with Crippen LogP contribution >= 0.6 is 0 Å². The highest BCUT2D eigenvalue weighted by Gasteiger charge is 2.21. The molecule has 1 saturated carbocycles. The number of hydrogen-bond acceptors (Lipinski definition) is 2. The van der Waals surface area contributed by atoms with Crippen LogP contribution in [0.2, 0.25) is 0 Å². The smallest absolute Gasteiger partial charge is 0.238 e. The minimum Gasteiger partial charge on any atom is -0.325 e. The molecule has 3 heteroatoms. The summed E-state index contributed by atoms with van der Waals surface area (Å²) in [5, 5.41) is 6.31. The minimum absolute atomic E-state index is 0.0409. The number of amides is 1. The van der Waals surface area contributed by atoms with Gasteiger partial charge in [-0.2, -0.15) is 0 Å². The fraction of sp³-hybridized carbons (Fsp3) is 0.562. The summed E-state index contributed by atoms with van der Waals surface area (Å²) in [7, 11) is 0. The lowest BCUT2D eigenvalue weighted by Crippen LogP contribution is -2.38. The number of carbonyl (C=O) groups is 1. The van der Waals surface area contributed by atoms with E-state index in [0.717, 1.165) is 17.2 Å². The Bertz CT molecular complexity index is 425. The van der Waals surface area contributed by atoms with Crippen LogP contribution in [0.25, 0.3) is 0 Å². The second-order valence-electron chi connectivity index (χ2n) is 5.58. The van der Waals surface area contributed by atoms with Gasteiger partial charge in [0.05, 0.1) is 6.54 Å². The second kappa shape index (κ2) is 6.71. The molecule has 1 amide bonds. The number of aryl methyl sites for hydroxylation is 1. The number of para-hydroxylation sites is 1. The molecule has 1 aromatic carbocycles. The molecule has 0 radical (unpaired) electrons. The van der Waals surface area contributed by atoms with Crippen LogP contribution in [0.3, 0.4) is 0 Å². The van der Waals surface area contributed by atoms with Gasteiger partial charge in [0.2, 0.25) is 5.91 Å². The summed E-state index contributed by atoms with van der Waals surface area (Å²) >= 11 is 0. The molecule has 2 rings (SSSR count). The van der Waals surface area contributed by atoms with E-state index in [1.807, 2.05) is 31.2 Å². The summed E-state index contributed by atoms with van der Waals surface area (Å²) in [5.74, 6) is 0.783. The minimum atomic E-state index is 0.0409. The zero-order valence-corrected chi connectivity index (χ0v) is 11.9. The van der Waals surface area contributed by atoms with E-state index < -0.39 is 0 Å². The molecular formula is C16H24N2O. The summed E-state index contributed by atoms with van der Waals surface area (Å²) in [4.78, 5) is 11.9. The van der Waals surface area contributed by atoms with E-state index in [2.05, 4.69) is 17.6 Å². The monoisotopic (exact) mass is 260 g/mol. The third-order valence-corrected chi connectivity index (χ3v) is 4.11. The van der Waals surface area contributed by atoms with E-state index in [4.69, 9.17) is 0 Å². The van der Waals surface area contributed by atoms with Crippen molar-refractivity contribution in [3.63, 3.8) is 0 Å². The summed E-state index contributed by atoms with van der Waals surface area (Å²) < 4.78 is 0. The number of anilines is 1. The third kappa shape index (κ3) is 4.06. The van der Waals surface area contributed by atoms with Crippen LogP contribution in [-0.4, -0.2) is 18.5 Å². The largest absolute Gasteiger partial charge is 0.325 e. The highest BCUT2D eigenvalue weighted by molar-refractivity contribution is 5.92. The second-order valence-corrected chi connectivity index (χ2v) is 5.58. The van der Waals surface area contributed by atoms with E-state index in [1.165, 1.54) is 25.7 Å². The molecule has 0 unspecified atom stereocenters. The molecule has 1 fully saturated rings. The van der Waals surface area contributed by atoms with Crippen molar-refractivity contribution in [3.05, 3.63) is 29.8 Å². The van der Waals surface area contributed by atoms with Gasteiger partial charge < -0.3 is 10.6 Å². The molecule has 0 bridgehead atoms. The maximum atomic E-state index is 11.9. The molecular weight excluding hydrogens is 236 g/mol. The van der Waals surface area contributed by atoms with Crippen molar-refractivity contribution >= 4 is 11.6 Å². The number of carbonyl (C=O) groups excluding carboxylic acids is 1. The van der Waals surface area contributed by atoms with Crippen LogP contribution in [0.5, 0.6) is 0 Å². The van der Waals surface area contributed by atoms with Gasteiger partial charge in [0, 0.05) is 11.7 Å². The molecule has 104 valence electrons. The van der Waals surface area contributed by atoms with Crippen LogP contribution < -0.4 is 10.6 Å². The summed E-state index contributed by atoms with van der Waals surface area (Å²) in [5.41, 5.74) is 2.00. The van der Waals surface area contributed by atoms with Crippen molar-refractivity contribution in [2.75, 3.05) is 11.9 Å². The van der Waals surface area contributed by atoms with E-state index >= 15 is 0 Å². The summed E-state index contributed by atoms with van der Waals surface area (Å²) in [6.45, 7) is 4.59. The summed E-state index contributed by atoms with van der Waals surface area (Å²) in [6, 6.07) is 8.30. The van der Waals surface area contributed by atoms with Crippen molar-refractivity contribution in [1.82, 2.24) is 5.32 Å². The van der Waals surface area contributed by atoms with Gasteiger partial charge in [0.25, 0.3) is 0 Å². The molecule has 0 saturated heterocycles. The lowest BCUT2D eigenvalue weighted by molar-refractivity contribution is -0.115. The average Bonchev–Trinajstić information content (AvgIpc) is 2.93. The molecule has 0 aromatic heterocycles. The summed E-state index contributed by atoms with van der Waals surface area (Å²) in [6.07, 6.45) is 5.28. The van der Waals surface area contributed by atoms with Gasteiger partial charge >= 0.3 is 0 Å². The Morgan fingerprint density at radius 3 is 2.68 bits per heavy atom. The lowest BCUT2D eigenvalue weighted by Gasteiger charge is -2.20. The predicted molar refractivity (Wildman–Crippen MR) is 79.2 cm³/mol. The first-order valence-electron chi connectivity index (χ1n) is 7.25. The van der Waals surface area contributed by atoms with Gasteiger partial charge in [-0.05, 0) is 44.2 Å². The van der Waals surface area contributed by atoms with Crippen molar-refractivity contribution in [2.24, 2.45) is 5.92 Å². The predicted octanol–water partition coefficient (Wildman–Crippen LogP) is 3.10. The van der Waals surface area contributed by atoms with Crippen molar-refractivity contribution in [3.8, 4) is 0 Å². The van der Waals surface area contributed by atoms with Gasteiger partial charge in [-0.15, -0.1) is 0 Å². The van der Waals surface area contributed by atoms with E-state index in [-0.39, 0.29) is 5.91 Å². The fourth-order valence-electron chi connectivity index (χ4n) is 2.79. The van der Waals surface area contributed by atoms with Gasteiger partial charge in [0.1, 0.15) is 0 Å². The molecule has 1 aliphatic carbocycles. The standard InChI is InChI=1S/C16H24N2O/c1-12-7-3-6-10-15(12)18-16(19)11-17-13(2)14-8-4-5-9-14/h3,6-7,10,13-14,17H,4-5,8-9,11H2,1-2H3,(H,18,19)/t13-/m0/s1. The van der Waals surface area contributed by atoms with Gasteiger partial charge in [-0.1, -0.05) is 31.0 Å². The zero-order chi connectivity index (χ0) is 13.7. The quantitative estimate of drug-likeness (QED) is 0.854. The van der Waals surface area contributed by atoms with Crippen molar-refractivity contribution < 1.29 is 4.79 Å². The molecule has 1 aliphatic rings. The molecule has 0 spiro atoms. The maximum Gasteiger partial charge on any atom is 0.238 e. The molecule has 2 N–H and O–H groups in total. The SMILES string of the molecule is Cc1ccccc1NC(=O)CN[C@@H](C)C1CCCC1. The normalized spacial score (nSPS) is 17.4. The van der Waals surface area contributed by atoms with Gasteiger partial charge in [-0.25, -0.2) is 0 Å². The molecule has 3 nitrogen and oxygen atoms in total. The van der Waals surface area contributed by atoms with E-state index in [9.17, 15) is 4.79 Å². The van der Waals surface area contributed by atoms with Crippen LogP contribution in [0, 0.1) is 12.8 Å². The molecule has 0 aliphatic heterocycles. The maximum absolute atomic E-state index is 11.9. The Balaban J connectivity index is 1.77. The number of hydrogen-bond donors (Lipinski definition) is 2. The average molecular weight is 260 g/mol. The van der Waals surface area contributed by atoms with Crippen LogP contribution in [0.1, 0.15) is 38.2 Å². The first kappa shape index (κ1) is 14.1. The highest BCUT2D eigenvalue weighted by Crippen LogP contribution is 2.27. The number of benzene rings is 1. The molecule has 1 atom stereocenters. The van der Waals surface area contributed by atoms with Gasteiger partial charge in [0.15, 0.2) is 0 Å². The van der Waals surface area contributed by atoms with Gasteiger partial charge in [-0.3, -0.25) is 4.79 Å². The van der Waals surface area contributed by atoms with Crippen LogP contribution in [0.4, 0.5) is 5.69 Å². The molecule has 19 heavy (non-hydrogen) atoms. The van der Waals surface area contributed by atoms with E-state index in [1.54, 1.807) is 0 Å². The highest BCUT2D eigenvalue weighted by atomic mass is 16.1. The third-order valence-electron chi connectivity index (χ3n) is 4.11. The Morgan fingerprint density at radius 1 is 1.32 bits per heavy atom. The Labute approximate surface area is 115 Å². The van der Waals surface area contributed by atoms with Crippen LogP contribution in [0.15, 0.2) is 24.3 Å². The molecule has 1 aromatic rings. The Morgan fingerprint density at radius 2 is 2.00 bits per heavy atom. The Hall–Kier alpha value is -1.35. The first-order valence-corrected chi connectivity index (χ1v) is 7.25. The van der Waals surface area contributed by atoms with Crippen molar-refractivity contribution in [2.45, 2.75) is 45.6 Å². The van der Waals surface area contributed by atoms with Crippen LogP contribution in [-0.2, 0) is 4.79 Å².